The van der Waals surface area contributed by atoms with Crippen LogP contribution in [0.5, 0.6) is 0 Å². The molecular weight excluding hydrogens is 398 g/mol. The van der Waals surface area contributed by atoms with Crippen LogP contribution in [-0.4, -0.2) is 27.7 Å². The minimum Gasteiger partial charge on any atom is -0.355 e. The zero-order valence-corrected chi connectivity index (χ0v) is 18.2. The topological polar surface area (TPSA) is 54.9 Å². The second-order valence-corrected chi connectivity index (χ2v) is 9.53. The van der Waals surface area contributed by atoms with Crippen LogP contribution in [0.2, 0.25) is 0 Å². The molecule has 1 aliphatic rings. The van der Waals surface area contributed by atoms with Crippen molar-refractivity contribution in [3.8, 4) is 10.7 Å². The van der Waals surface area contributed by atoms with Gasteiger partial charge in [-0.25, -0.2) is 9.97 Å². The Labute approximate surface area is 179 Å². The average molecular weight is 424 g/mol. The minimum absolute atomic E-state index is 0.0618. The Balaban J connectivity index is 1.46. The van der Waals surface area contributed by atoms with Crippen LogP contribution in [0.3, 0.4) is 0 Å². The molecule has 1 amide bonds. The van der Waals surface area contributed by atoms with Crippen molar-refractivity contribution in [3.63, 3.8) is 0 Å². The van der Waals surface area contributed by atoms with Gasteiger partial charge in [0.1, 0.15) is 5.03 Å². The quantitative estimate of drug-likeness (QED) is 0.294. The molecule has 0 spiro atoms. The molecule has 2 heterocycles. The van der Waals surface area contributed by atoms with Crippen molar-refractivity contribution in [1.82, 2.24) is 15.3 Å². The fraction of sp³-hybridized carbons (Fsp3) is 0.348. The van der Waals surface area contributed by atoms with E-state index in [1.54, 1.807) is 11.3 Å². The molecule has 1 unspecified atom stereocenters. The van der Waals surface area contributed by atoms with Crippen LogP contribution in [0, 0.1) is 0 Å². The maximum atomic E-state index is 12.6. The van der Waals surface area contributed by atoms with Gasteiger partial charge in [-0.1, -0.05) is 47.7 Å². The second-order valence-electron chi connectivity index (χ2n) is 7.26. The molecule has 0 saturated carbocycles. The van der Waals surface area contributed by atoms with Crippen LogP contribution in [0.4, 0.5) is 0 Å². The number of rotatable bonds is 7. The molecule has 1 aromatic carbocycles. The predicted octanol–water partition coefficient (Wildman–Crippen LogP) is 5.85. The first kappa shape index (κ1) is 20.1. The number of aromatic nitrogens is 2. The molecule has 0 radical (unpaired) electrons. The summed E-state index contributed by atoms with van der Waals surface area (Å²) in [5.74, 6) is 0.782. The van der Waals surface area contributed by atoms with Crippen molar-refractivity contribution >= 4 is 39.9 Å². The van der Waals surface area contributed by atoms with Gasteiger partial charge >= 0.3 is 0 Å². The number of carbonyl (C=O) groups excluding carboxylic acids is 1. The Morgan fingerprint density at radius 2 is 2.10 bits per heavy atom. The maximum absolute atomic E-state index is 12.6. The number of amides is 1. The van der Waals surface area contributed by atoms with E-state index in [-0.39, 0.29) is 11.2 Å². The molecule has 29 heavy (non-hydrogen) atoms. The molecule has 150 valence electrons. The number of thioether (sulfide) groups is 1. The van der Waals surface area contributed by atoms with E-state index >= 15 is 0 Å². The minimum atomic E-state index is -0.218. The number of nitrogens with zero attached hydrogens (tertiary/aromatic N) is 2. The molecule has 0 aliphatic heterocycles. The van der Waals surface area contributed by atoms with Crippen molar-refractivity contribution in [3.05, 3.63) is 53.4 Å². The largest absolute Gasteiger partial charge is 0.355 e. The summed E-state index contributed by atoms with van der Waals surface area (Å²) in [5, 5.41) is 6.76. The Morgan fingerprint density at radius 3 is 2.90 bits per heavy atom. The van der Waals surface area contributed by atoms with E-state index in [9.17, 15) is 4.79 Å². The normalized spacial score (nSPS) is 15.1. The van der Waals surface area contributed by atoms with E-state index < -0.39 is 0 Å². The van der Waals surface area contributed by atoms with Gasteiger partial charge in [-0.3, -0.25) is 4.79 Å². The zero-order chi connectivity index (χ0) is 20.1. The van der Waals surface area contributed by atoms with Crippen molar-refractivity contribution in [1.29, 1.82) is 0 Å². The maximum Gasteiger partial charge on any atom is 0.233 e. The predicted molar refractivity (Wildman–Crippen MR) is 122 cm³/mol. The molecule has 1 N–H and O–H groups in total. The van der Waals surface area contributed by atoms with Crippen LogP contribution in [0.1, 0.15) is 39.0 Å². The van der Waals surface area contributed by atoms with Gasteiger partial charge in [0.25, 0.3) is 0 Å². The smallest absolute Gasteiger partial charge is 0.233 e. The molecule has 4 rings (SSSR count). The van der Waals surface area contributed by atoms with E-state index in [0.29, 0.717) is 6.54 Å². The third-order valence-corrected chi connectivity index (χ3v) is 7.07. The fourth-order valence-electron chi connectivity index (χ4n) is 3.50. The average Bonchev–Trinajstić information content (AvgIpc) is 3.29. The first-order valence-corrected chi connectivity index (χ1v) is 11.9. The molecule has 0 fully saturated rings. The summed E-state index contributed by atoms with van der Waals surface area (Å²) >= 11 is 3.13. The van der Waals surface area contributed by atoms with Crippen LogP contribution in [0.15, 0.2) is 58.5 Å². The molecule has 0 bridgehead atoms. The van der Waals surface area contributed by atoms with Crippen molar-refractivity contribution in [2.75, 3.05) is 6.54 Å². The van der Waals surface area contributed by atoms with E-state index in [4.69, 9.17) is 9.97 Å². The number of nitrogens with one attached hydrogen (secondary N) is 1. The zero-order valence-electron chi connectivity index (χ0n) is 16.6. The Morgan fingerprint density at radius 1 is 1.21 bits per heavy atom. The van der Waals surface area contributed by atoms with Gasteiger partial charge < -0.3 is 5.32 Å². The molecule has 6 heteroatoms. The van der Waals surface area contributed by atoms with Crippen molar-refractivity contribution < 1.29 is 4.79 Å². The number of benzene rings is 1. The lowest BCUT2D eigenvalue weighted by atomic mass is 9.97. The van der Waals surface area contributed by atoms with Crippen LogP contribution >= 0.6 is 23.1 Å². The molecule has 4 nitrogen and oxygen atoms in total. The lowest BCUT2D eigenvalue weighted by molar-refractivity contribution is -0.120. The second kappa shape index (κ2) is 9.55. The number of thiophene rings is 1. The summed E-state index contributed by atoms with van der Waals surface area (Å²) < 4.78 is 0. The highest BCUT2D eigenvalue weighted by atomic mass is 32.2. The number of fused-ring (bicyclic) bond motifs is 1. The lowest BCUT2D eigenvalue weighted by Gasteiger charge is -2.15. The van der Waals surface area contributed by atoms with Crippen LogP contribution < -0.4 is 5.32 Å². The van der Waals surface area contributed by atoms with E-state index in [0.717, 1.165) is 33.1 Å². The summed E-state index contributed by atoms with van der Waals surface area (Å²) in [4.78, 5) is 23.2. The van der Waals surface area contributed by atoms with Crippen molar-refractivity contribution in [2.45, 2.75) is 49.3 Å². The van der Waals surface area contributed by atoms with Gasteiger partial charge in [0.2, 0.25) is 5.91 Å². The van der Waals surface area contributed by atoms with Crippen molar-refractivity contribution in [2.24, 2.45) is 0 Å². The molecule has 2 aromatic heterocycles. The third kappa shape index (κ3) is 5.06. The summed E-state index contributed by atoms with van der Waals surface area (Å²) in [6.07, 6.45) is 8.24. The van der Waals surface area contributed by atoms with Crippen LogP contribution in [0.25, 0.3) is 21.6 Å². The Hall–Kier alpha value is -2.18. The molecule has 3 aromatic rings. The summed E-state index contributed by atoms with van der Waals surface area (Å²) in [5.41, 5.74) is 2.39. The number of hydrogen-bond acceptors (Lipinski definition) is 5. The summed E-state index contributed by atoms with van der Waals surface area (Å²) in [6.45, 7) is 2.65. The summed E-state index contributed by atoms with van der Waals surface area (Å²) in [7, 11) is 0. The summed E-state index contributed by atoms with van der Waals surface area (Å²) in [6, 6.07) is 12.0. The highest BCUT2D eigenvalue weighted by molar-refractivity contribution is 8.00. The molecule has 0 saturated heterocycles. The monoisotopic (exact) mass is 423 g/mol. The Bertz CT molecular complexity index is 1010. The number of allylic oxidation sites excluding steroid dienone is 1. The SMILES string of the molecule is CC(Sc1nc(-c2cccs2)nc2ccccc12)C(=O)NCCC1=CCCCC1. The highest BCUT2D eigenvalue weighted by Crippen LogP contribution is 2.32. The van der Waals surface area contributed by atoms with E-state index in [1.807, 2.05) is 48.7 Å². The van der Waals surface area contributed by atoms with Gasteiger partial charge in [0.15, 0.2) is 5.82 Å². The third-order valence-electron chi connectivity index (χ3n) is 5.10. The first-order chi connectivity index (χ1) is 14.2. The van der Waals surface area contributed by atoms with Gasteiger partial charge in [0, 0.05) is 11.9 Å². The Kier molecular flexibility index (Phi) is 6.62. The lowest BCUT2D eigenvalue weighted by Crippen LogP contribution is -2.32. The van der Waals surface area contributed by atoms with Crippen LogP contribution in [-0.2, 0) is 4.79 Å². The van der Waals surface area contributed by atoms with Gasteiger partial charge in [-0.2, -0.15) is 0 Å². The van der Waals surface area contributed by atoms with E-state index in [2.05, 4.69) is 11.4 Å². The first-order valence-electron chi connectivity index (χ1n) is 10.1. The highest BCUT2D eigenvalue weighted by Gasteiger charge is 2.18. The number of hydrogen-bond donors (Lipinski definition) is 1. The molecular formula is C23H25N3OS2. The molecule has 1 aliphatic carbocycles. The standard InChI is InChI=1S/C23H25N3OS2/c1-16(22(27)24-14-13-17-8-3-2-4-9-17)29-23-18-10-5-6-11-19(18)25-21(26-23)20-12-7-15-28-20/h5-8,10-12,15-16H,2-4,9,13-14H2,1H3,(H,24,27). The van der Waals surface area contributed by atoms with Gasteiger partial charge in [0.05, 0.1) is 15.6 Å². The van der Waals surface area contributed by atoms with E-state index in [1.165, 1.54) is 43.0 Å². The number of para-hydroxylation sites is 1. The molecule has 1 atom stereocenters. The van der Waals surface area contributed by atoms with Gasteiger partial charge in [-0.15, -0.1) is 11.3 Å². The van der Waals surface area contributed by atoms with Gasteiger partial charge in [-0.05, 0) is 56.5 Å². The number of carbonyl (C=O) groups is 1. The fourth-order valence-corrected chi connectivity index (χ4v) is 5.12.